The largest absolute Gasteiger partial charge is 0.378 e. The molecule has 0 atom stereocenters. The molecule has 0 aliphatic rings. The average Bonchev–Trinajstić information content (AvgIpc) is 2.95. The first kappa shape index (κ1) is 14.7. The smallest absolute Gasteiger partial charge is 0.163 e. The van der Waals surface area contributed by atoms with Gasteiger partial charge < -0.3 is 9.88 Å². The lowest BCUT2D eigenvalue weighted by atomic mass is 10.2. The lowest BCUT2D eigenvalue weighted by Crippen LogP contribution is -2.07. The molecule has 0 fully saturated rings. The summed E-state index contributed by atoms with van der Waals surface area (Å²) in [6.45, 7) is 0.423. The molecule has 3 rings (SSSR count). The van der Waals surface area contributed by atoms with Crippen molar-refractivity contribution in [3.8, 4) is 17.5 Å². The molecule has 0 bridgehead atoms. The Labute approximate surface area is 133 Å². The Hall–Kier alpha value is -3.20. The molecule has 114 valence electrons. The van der Waals surface area contributed by atoms with Gasteiger partial charge in [0, 0.05) is 18.3 Å². The van der Waals surface area contributed by atoms with E-state index < -0.39 is 5.82 Å². The molecule has 6 heteroatoms. The van der Waals surface area contributed by atoms with E-state index in [2.05, 4.69) is 15.5 Å². The maximum absolute atomic E-state index is 13.3. The van der Waals surface area contributed by atoms with E-state index in [1.54, 1.807) is 6.07 Å². The van der Waals surface area contributed by atoms with Crippen LogP contribution in [0.2, 0.25) is 0 Å². The minimum atomic E-state index is -0.525. The van der Waals surface area contributed by atoms with Crippen LogP contribution in [0, 0.1) is 17.1 Å². The van der Waals surface area contributed by atoms with Crippen molar-refractivity contribution >= 4 is 5.69 Å². The third kappa shape index (κ3) is 3.04. The second kappa shape index (κ2) is 6.28. The van der Waals surface area contributed by atoms with Gasteiger partial charge in [0.2, 0.25) is 0 Å². The van der Waals surface area contributed by atoms with E-state index >= 15 is 0 Å². The molecule has 5 nitrogen and oxygen atoms in total. The van der Waals surface area contributed by atoms with Crippen LogP contribution in [0.4, 0.5) is 10.1 Å². The maximum Gasteiger partial charge on any atom is 0.163 e. The summed E-state index contributed by atoms with van der Waals surface area (Å²) in [6.07, 6.45) is 0. The minimum absolute atomic E-state index is 0.0120. The molecule has 1 N–H and O–H groups in total. The molecule has 3 aromatic rings. The van der Waals surface area contributed by atoms with Crippen molar-refractivity contribution in [2.75, 3.05) is 5.32 Å². The topological polar surface area (TPSA) is 66.5 Å². The Morgan fingerprint density at radius 3 is 2.70 bits per heavy atom. The van der Waals surface area contributed by atoms with Crippen molar-refractivity contribution in [2.24, 2.45) is 7.05 Å². The number of nitrogens with zero attached hydrogens (tertiary/aromatic N) is 4. The van der Waals surface area contributed by atoms with Crippen LogP contribution in [0.3, 0.4) is 0 Å². The molecule has 0 unspecified atom stereocenters. The summed E-state index contributed by atoms with van der Waals surface area (Å²) in [7, 11) is 1.89. The predicted molar refractivity (Wildman–Crippen MR) is 84.9 cm³/mol. The molecule has 0 saturated heterocycles. The van der Waals surface area contributed by atoms with Crippen LogP contribution in [0.15, 0.2) is 48.5 Å². The summed E-state index contributed by atoms with van der Waals surface area (Å²) in [5.74, 6) is 0.994. The fourth-order valence-electron chi connectivity index (χ4n) is 2.26. The molecule has 0 amide bonds. The zero-order valence-corrected chi connectivity index (χ0v) is 12.5. The number of anilines is 1. The first-order valence-corrected chi connectivity index (χ1v) is 7.06. The van der Waals surface area contributed by atoms with Gasteiger partial charge in [-0.25, -0.2) is 4.39 Å². The number of rotatable bonds is 4. The van der Waals surface area contributed by atoms with E-state index in [0.717, 1.165) is 17.2 Å². The highest BCUT2D eigenvalue weighted by Crippen LogP contribution is 2.18. The summed E-state index contributed by atoms with van der Waals surface area (Å²) in [5.41, 5.74) is 1.66. The van der Waals surface area contributed by atoms with Crippen LogP contribution in [0.1, 0.15) is 11.4 Å². The van der Waals surface area contributed by atoms with E-state index in [1.165, 1.54) is 12.1 Å². The summed E-state index contributed by atoms with van der Waals surface area (Å²) in [6, 6.07) is 15.9. The molecule has 2 aromatic carbocycles. The second-order valence-corrected chi connectivity index (χ2v) is 5.02. The Morgan fingerprint density at radius 1 is 1.17 bits per heavy atom. The van der Waals surface area contributed by atoms with Crippen LogP contribution in [0.25, 0.3) is 11.4 Å². The first-order valence-electron chi connectivity index (χ1n) is 7.06. The predicted octanol–water partition coefficient (Wildman–Crippen LogP) is 3.10. The van der Waals surface area contributed by atoms with Gasteiger partial charge in [-0.3, -0.25) is 0 Å². The highest BCUT2D eigenvalue weighted by Gasteiger charge is 2.10. The molecule has 1 aromatic heterocycles. The van der Waals surface area contributed by atoms with E-state index in [1.807, 2.05) is 48.0 Å². The van der Waals surface area contributed by atoms with Crippen LogP contribution >= 0.6 is 0 Å². The van der Waals surface area contributed by atoms with Crippen molar-refractivity contribution in [3.05, 3.63) is 65.7 Å². The van der Waals surface area contributed by atoms with Gasteiger partial charge in [-0.15, -0.1) is 10.2 Å². The average molecular weight is 307 g/mol. The zero-order chi connectivity index (χ0) is 16.2. The standard InChI is InChI=1S/C17H14FN5/c1-23-16(21-22-17(23)12-5-3-2-4-6-12)11-20-14-7-8-15(18)13(9-14)10-19/h2-9,20H,11H2,1H3. The number of nitrogens with one attached hydrogen (secondary N) is 1. The Bertz CT molecular complexity index is 864. The zero-order valence-electron chi connectivity index (χ0n) is 12.5. The lowest BCUT2D eigenvalue weighted by molar-refractivity contribution is 0.624. The molecule has 0 radical (unpaired) electrons. The van der Waals surface area contributed by atoms with Gasteiger partial charge in [-0.2, -0.15) is 5.26 Å². The van der Waals surface area contributed by atoms with Crippen LogP contribution in [0.5, 0.6) is 0 Å². The molecule has 0 aliphatic heterocycles. The molecular formula is C17H14FN5. The number of hydrogen-bond acceptors (Lipinski definition) is 4. The van der Waals surface area contributed by atoms with Crippen LogP contribution in [-0.4, -0.2) is 14.8 Å². The summed E-state index contributed by atoms with van der Waals surface area (Å²) >= 11 is 0. The van der Waals surface area contributed by atoms with Crippen molar-refractivity contribution in [1.29, 1.82) is 5.26 Å². The third-order valence-corrected chi connectivity index (χ3v) is 3.53. The van der Waals surface area contributed by atoms with E-state index in [0.29, 0.717) is 12.2 Å². The van der Waals surface area contributed by atoms with Crippen LogP contribution in [-0.2, 0) is 13.6 Å². The number of nitriles is 1. The molecule has 0 saturated carbocycles. The molecule has 0 spiro atoms. The Morgan fingerprint density at radius 2 is 1.96 bits per heavy atom. The van der Waals surface area contributed by atoms with Crippen molar-refractivity contribution in [2.45, 2.75) is 6.54 Å². The van der Waals surface area contributed by atoms with E-state index in [4.69, 9.17) is 5.26 Å². The van der Waals surface area contributed by atoms with Crippen molar-refractivity contribution < 1.29 is 4.39 Å². The normalized spacial score (nSPS) is 10.3. The third-order valence-electron chi connectivity index (χ3n) is 3.53. The Kier molecular flexibility index (Phi) is 4.02. The molecular weight excluding hydrogens is 293 g/mol. The fraction of sp³-hybridized carbons (Fsp3) is 0.118. The fourth-order valence-corrected chi connectivity index (χ4v) is 2.26. The number of aromatic nitrogens is 3. The van der Waals surface area contributed by atoms with E-state index in [9.17, 15) is 4.39 Å². The van der Waals surface area contributed by atoms with E-state index in [-0.39, 0.29) is 5.56 Å². The molecule has 1 heterocycles. The summed E-state index contributed by atoms with van der Waals surface area (Å²) < 4.78 is 15.2. The maximum atomic E-state index is 13.3. The summed E-state index contributed by atoms with van der Waals surface area (Å²) in [4.78, 5) is 0. The molecule has 23 heavy (non-hydrogen) atoms. The second-order valence-electron chi connectivity index (χ2n) is 5.02. The first-order chi connectivity index (χ1) is 11.2. The number of halogens is 1. The van der Waals surface area contributed by atoms with Gasteiger partial charge >= 0.3 is 0 Å². The SMILES string of the molecule is Cn1c(CNc2ccc(F)c(C#N)c2)nnc1-c1ccccc1. The monoisotopic (exact) mass is 307 g/mol. The quantitative estimate of drug-likeness (QED) is 0.804. The number of benzene rings is 2. The number of hydrogen-bond donors (Lipinski definition) is 1. The summed E-state index contributed by atoms with van der Waals surface area (Å²) in [5, 5.41) is 20.4. The van der Waals surface area contributed by atoms with Gasteiger partial charge in [-0.1, -0.05) is 30.3 Å². The van der Waals surface area contributed by atoms with Gasteiger partial charge in [0.05, 0.1) is 12.1 Å². The van der Waals surface area contributed by atoms with Gasteiger partial charge in [0.1, 0.15) is 11.9 Å². The van der Waals surface area contributed by atoms with Gasteiger partial charge in [-0.05, 0) is 18.2 Å². The highest BCUT2D eigenvalue weighted by atomic mass is 19.1. The van der Waals surface area contributed by atoms with Crippen LogP contribution < -0.4 is 5.32 Å². The lowest BCUT2D eigenvalue weighted by Gasteiger charge is -2.07. The van der Waals surface area contributed by atoms with Crippen molar-refractivity contribution in [3.63, 3.8) is 0 Å². The van der Waals surface area contributed by atoms with Crippen molar-refractivity contribution in [1.82, 2.24) is 14.8 Å². The Balaban J connectivity index is 1.77. The van der Waals surface area contributed by atoms with Gasteiger partial charge in [0.15, 0.2) is 11.6 Å². The molecule has 0 aliphatic carbocycles. The minimum Gasteiger partial charge on any atom is -0.378 e. The van der Waals surface area contributed by atoms with Gasteiger partial charge in [0.25, 0.3) is 0 Å². The highest BCUT2D eigenvalue weighted by molar-refractivity contribution is 5.55.